The molecule has 6 heteroatoms. The molecule has 6 nitrogen and oxygen atoms in total. The van der Waals surface area contributed by atoms with E-state index in [1.807, 2.05) is 0 Å². The number of carbonyl (C=O) groups excluding carboxylic acids is 2. The largest absolute Gasteiger partial charge is 0.381 e. The van der Waals surface area contributed by atoms with Gasteiger partial charge in [-0.2, -0.15) is 0 Å². The monoisotopic (exact) mass is 253 g/mol. The van der Waals surface area contributed by atoms with Gasteiger partial charge >= 0.3 is 6.03 Å². The Bertz CT molecular complexity index is 360. The van der Waals surface area contributed by atoms with Crippen molar-refractivity contribution < 1.29 is 14.3 Å². The number of carbonyl (C=O) groups is 2. The molecule has 0 bridgehead atoms. The Labute approximate surface area is 106 Å². The fraction of sp³-hybridized carbons (Fsp3) is 0.833. The summed E-state index contributed by atoms with van der Waals surface area (Å²) >= 11 is 0. The van der Waals surface area contributed by atoms with Crippen LogP contribution in [0.1, 0.15) is 25.7 Å². The molecule has 0 saturated carbocycles. The lowest BCUT2D eigenvalue weighted by molar-refractivity contribution is -0.134. The fourth-order valence-corrected chi connectivity index (χ4v) is 3.03. The maximum absolute atomic E-state index is 12.4. The molecule has 0 radical (unpaired) electrons. The predicted molar refractivity (Wildman–Crippen MR) is 64.1 cm³/mol. The SMILES string of the molecule is O=C1NC2(CCOCC2)C(=O)N1CC1CCCN1. The molecule has 3 amide bonds. The lowest BCUT2D eigenvalue weighted by atomic mass is 9.90. The summed E-state index contributed by atoms with van der Waals surface area (Å²) in [4.78, 5) is 25.8. The molecular weight excluding hydrogens is 234 g/mol. The third kappa shape index (κ3) is 1.89. The molecule has 3 heterocycles. The maximum Gasteiger partial charge on any atom is 0.325 e. The maximum atomic E-state index is 12.4. The van der Waals surface area contributed by atoms with Crippen LogP contribution >= 0.6 is 0 Å². The zero-order valence-corrected chi connectivity index (χ0v) is 10.4. The third-order valence-electron chi connectivity index (χ3n) is 4.16. The minimum absolute atomic E-state index is 0.0653. The topological polar surface area (TPSA) is 70.7 Å². The van der Waals surface area contributed by atoms with Crippen molar-refractivity contribution in [3.63, 3.8) is 0 Å². The second kappa shape index (κ2) is 4.51. The van der Waals surface area contributed by atoms with E-state index in [1.165, 1.54) is 4.90 Å². The molecule has 1 atom stereocenters. The van der Waals surface area contributed by atoms with Gasteiger partial charge in [-0.15, -0.1) is 0 Å². The average Bonchev–Trinajstić information content (AvgIpc) is 2.95. The molecule has 3 rings (SSSR count). The number of ether oxygens (including phenoxy) is 1. The van der Waals surface area contributed by atoms with Crippen LogP contribution in [0, 0.1) is 0 Å². The number of nitrogens with zero attached hydrogens (tertiary/aromatic N) is 1. The van der Waals surface area contributed by atoms with E-state index >= 15 is 0 Å². The molecule has 0 aliphatic carbocycles. The highest BCUT2D eigenvalue weighted by Gasteiger charge is 2.51. The molecule has 18 heavy (non-hydrogen) atoms. The third-order valence-corrected chi connectivity index (χ3v) is 4.16. The van der Waals surface area contributed by atoms with Gasteiger partial charge < -0.3 is 15.4 Å². The number of imide groups is 1. The van der Waals surface area contributed by atoms with Crippen molar-refractivity contribution in [2.75, 3.05) is 26.3 Å². The number of hydrogen-bond acceptors (Lipinski definition) is 4. The summed E-state index contributed by atoms with van der Waals surface area (Å²) in [5.74, 6) is -0.0653. The molecule has 3 fully saturated rings. The summed E-state index contributed by atoms with van der Waals surface area (Å²) in [6.07, 6.45) is 3.33. The molecular formula is C12H19N3O3. The van der Waals surface area contributed by atoms with Crippen LogP contribution in [0.3, 0.4) is 0 Å². The molecule has 3 saturated heterocycles. The van der Waals surface area contributed by atoms with Gasteiger partial charge in [-0.1, -0.05) is 0 Å². The van der Waals surface area contributed by atoms with E-state index in [0.717, 1.165) is 19.4 Å². The Kier molecular flexibility index (Phi) is 2.99. The van der Waals surface area contributed by atoms with E-state index in [2.05, 4.69) is 10.6 Å². The molecule has 1 spiro atoms. The van der Waals surface area contributed by atoms with Gasteiger partial charge in [-0.3, -0.25) is 9.69 Å². The van der Waals surface area contributed by atoms with Crippen molar-refractivity contribution in [2.45, 2.75) is 37.3 Å². The molecule has 2 N–H and O–H groups in total. The zero-order valence-electron chi connectivity index (χ0n) is 10.4. The number of urea groups is 1. The van der Waals surface area contributed by atoms with E-state index in [4.69, 9.17) is 4.74 Å². The van der Waals surface area contributed by atoms with E-state index in [1.54, 1.807) is 0 Å². The Balaban J connectivity index is 1.71. The molecule has 1 unspecified atom stereocenters. The van der Waals surface area contributed by atoms with E-state index in [9.17, 15) is 9.59 Å². The minimum Gasteiger partial charge on any atom is -0.381 e. The Hall–Kier alpha value is -1.14. The molecule has 3 aliphatic heterocycles. The second-order valence-electron chi connectivity index (χ2n) is 5.33. The van der Waals surface area contributed by atoms with Gasteiger partial charge in [0.15, 0.2) is 0 Å². The van der Waals surface area contributed by atoms with Gasteiger partial charge in [0.1, 0.15) is 5.54 Å². The van der Waals surface area contributed by atoms with Crippen LogP contribution < -0.4 is 10.6 Å². The van der Waals surface area contributed by atoms with Crippen molar-refractivity contribution in [1.82, 2.24) is 15.5 Å². The number of nitrogens with one attached hydrogen (secondary N) is 2. The van der Waals surface area contributed by atoms with Crippen molar-refractivity contribution in [3.05, 3.63) is 0 Å². The number of amides is 3. The van der Waals surface area contributed by atoms with Gasteiger partial charge in [0.25, 0.3) is 5.91 Å². The summed E-state index contributed by atoms with van der Waals surface area (Å²) in [5.41, 5.74) is -0.687. The highest BCUT2D eigenvalue weighted by Crippen LogP contribution is 2.28. The first kappa shape index (κ1) is 11.9. The van der Waals surface area contributed by atoms with Gasteiger partial charge in [0, 0.05) is 38.6 Å². The van der Waals surface area contributed by atoms with Crippen molar-refractivity contribution in [3.8, 4) is 0 Å². The number of hydrogen-bond donors (Lipinski definition) is 2. The summed E-state index contributed by atoms with van der Waals surface area (Å²) in [7, 11) is 0. The second-order valence-corrected chi connectivity index (χ2v) is 5.33. The van der Waals surface area contributed by atoms with Gasteiger partial charge in [-0.05, 0) is 19.4 Å². The van der Waals surface area contributed by atoms with E-state index < -0.39 is 5.54 Å². The number of rotatable bonds is 2. The van der Waals surface area contributed by atoms with Gasteiger partial charge in [0.05, 0.1) is 0 Å². The fourth-order valence-electron chi connectivity index (χ4n) is 3.03. The van der Waals surface area contributed by atoms with Crippen molar-refractivity contribution in [1.29, 1.82) is 0 Å². The van der Waals surface area contributed by atoms with Crippen molar-refractivity contribution in [2.24, 2.45) is 0 Å². The van der Waals surface area contributed by atoms with E-state index in [0.29, 0.717) is 32.6 Å². The van der Waals surface area contributed by atoms with E-state index in [-0.39, 0.29) is 18.0 Å². The zero-order chi connectivity index (χ0) is 12.6. The normalized spacial score (nSPS) is 31.1. The highest BCUT2D eigenvalue weighted by molar-refractivity contribution is 6.07. The lowest BCUT2D eigenvalue weighted by Crippen LogP contribution is -2.51. The molecule has 0 aromatic rings. The van der Waals surface area contributed by atoms with Crippen molar-refractivity contribution >= 4 is 11.9 Å². The van der Waals surface area contributed by atoms with Crippen LogP contribution in [-0.2, 0) is 9.53 Å². The highest BCUT2D eigenvalue weighted by atomic mass is 16.5. The smallest absolute Gasteiger partial charge is 0.325 e. The minimum atomic E-state index is -0.687. The Morgan fingerprint density at radius 1 is 1.33 bits per heavy atom. The average molecular weight is 253 g/mol. The summed E-state index contributed by atoms with van der Waals surface area (Å²) in [6, 6.07) is 0.0188. The van der Waals surface area contributed by atoms with Crippen LogP contribution in [0.5, 0.6) is 0 Å². The summed E-state index contributed by atoms with van der Waals surface area (Å²) < 4.78 is 5.27. The van der Waals surface area contributed by atoms with Crippen LogP contribution in [0.2, 0.25) is 0 Å². The Morgan fingerprint density at radius 2 is 2.11 bits per heavy atom. The molecule has 0 aromatic carbocycles. The first-order valence-electron chi connectivity index (χ1n) is 6.66. The first-order valence-corrected chi connectivity index (χ1v) is 6.66. The predicted octanol–water partition coefficient (Wildman–Crippen LogP) is -0.161. The Morgan fingerprint density at radius 3 is 2.78 bits per heavy atom. The molecule has 3 aliphatic rings. The van der Waals surface area contributed by atoms with Crippen LogP contribution in [0.4, 0.5) is 4.79 Å². The quantitative estimate of drug-likeness (QED) is 0.671. The summed E-state index contributed by atoms with van der Waals surface area (Å²) in [6.45, 7) is 2.56. The standard InChI is InChI=1S/C12H19N3O3/c16-10-12(3-6-18-7-4-12)14-11(17)15(10)8-9-2-1-5-13-9/h9,13H,1-8H2,(H,14,17). The van der Waals surface area contributed by atoms with Crippen LogP contribution in [0.15, 0.2) is 0 Å². The van der Waals surface area contributed by atoms with Gasteiger partial charge in [0.2, 0.25) is 0 Å². The summed E-state index contributed by atoms with van der Waals surface area (Å²) in [5, 5.41) is 6.19. The lowest BCUT2D eigenvalue weighted by Gasteiger charge is -2.30. The van der Waals surface area contributed by atoms with Crippen LogP contribution in [0.25, 0.3) is 0 Å². The van der Waals surface area contributed by atoms with Gasteiger partial charge in [-0.25, -0.2) is 4.79 Å². The molecule has 0 aromatic heterocycles. The molecule has 100 valence electrons. The first-order chi connectivity index (χ1) is 8.71. The van der Waals surface area contributed by atoms with Crippen LogP contribution in [-0.4, -0.2) is 54.7 Å².